The zero-order valence-electron chi connectivity index (χ0n) is 14.7. The van der Waals surface area contributed by atoms with Crippen LogP contribution >= 0.6 is 0 Å². The fraction of sp³-hybridized carbons (Fsp3) is 0.136. The van der Waals surface area contributed by atoms with Crippen LogP contribution in [0.2, 0.25) is 0 Å². The van der Waals surface area contributed by atoms with E-state index >= 15 is 0 Å². The van der Waals surface area contributed by atoms with Gasteiger partial charge in [-0.2, -0.15) is 0 Å². The van der Waals surface area contributed by atoms with Gasteiger partial charge < -0.3 is 10.6 Å². The summed E-state index contributed by atoms with van der Waals surface area (Å²) in [5, 5.41) is 6.77. The van der Waals surface area contributed by atoms with Crippen LogP contribution in [0.25, 0.3) is 17.0 Å². The van der Waals surface area contributed by atoms with Crippen molar-refractivity contribution in [2.75, 3.05) is 5.32 Å². The fourth-order valence-corrected chi connectivity index (χ4v) is 2.81. The number of benzene rings is 2. The van der Waals surface area contributed by atoms with E-state index in [2.05, 4.69) is 15.6 Å². The number of carbonyl (C=O) groups excluding carboxylic acids is 2. The monoisotopic (exact) mass is 357 g/mol. The van der Waals surface area contributed by atoms with E-state index in [0.29, 0.717) is 17.3 Å². The predicted molar refractivity (Wildman–Crippen MR) is 106 cm³/mol. The van der Waals surface area contributed by atoms with E-state index in [0.717, 1.165) is 29.3 Å². The first-order valence-electron chi connectivity index (χ1n) is 8.93. The highest BCUT2D eigenvalue weighted by atomic mass is 16.2. The van der Waals surface area contributed by atoms with Gasteiger partial charge >= 0.3 is 0 Å². The summed E-state index contributed by atoms with van der Waals surface area (Å²) in [4.78, 5) is 28.5. The molecular weight excluding hydrogens is 338 g/mol. The second-order valence-corrected chi connectivity index (χ2v) is 6.57. The summed E-state index contributed by atoms with van der Waals surface area (Å²) < 4.78 is 0. The largest absolute Gasteiger partial charge is 0.349 e. The van der Waals surface area contributed by atoms with Crippen molar-refractivity contribution in [1.82, 2.24) is 10.3 Å². The number of pyridine rings is 1. The molecule has 2 amide bonds. The van der Waals surface area contributed by atoms with Crippen LogP contribution in [-0.4, -0.2) is 22.8 Å². The Kier molecular flexibility index (Phi) is 4.66. The van der Waals surface area contributed by atoms with Gasteiger partial charge in [0.15, 0.2) is 0 Å². The van der Waals surface area contributed by atoms with Gasteiger partial charge in [-0.3, -0.25) is 14.6 Å². The van der Waals surface area contributed by atoms with Crippen molar-refractivity contribution < 1.29 is 9.59 Å². The molecule has 0 atom stereocenters. The Morgan fingerprint density at radius 3 is 2.56 bits per heavy atom. The van der Waals surface area contributed by atoms with Gasteiger partial charge in [-0.25, -0.2) is 0 Å². The van der Waals surface area contributed by atoms with E-state index in [1.165, 1.54) is 6.08 Å². The highest BCUT2D eigenvalue weighted by molar-refractivity contribution is 6.03. The van der Waals surface area contributed by atoms with Crippen LogP contribution in [0, 0.1) is 0 Å². The molecule has 0 bridgehead atoms. The van der Waals surface area contributed by atoms with E-state index in [1.807, 2.05) is 30.3 Å². The number of amides is 2. The molecule has 4 rings (SSSR count). The molecular formula is C22H19N3O2. The second kappa shape index (κ2) is 7.41. The molecule has 5 nitrogen and oxygen atoms in total. The van der Waals surface area contributed by atoms with Crippen LogP contribution in [0.15, 0.2) is 66.9 Å². The van der Waals surface area contributed by atoms with Crippen LogP contribution in [0.1, 0.15) is 28.8 Å². The maximum atomic E-state index is 12.2. The molecule has 1 aliphatic carbocycles. The summed E-state index contributed by atoms with van der Waals surface area (Å²) >= 11 is 0. The van der Waals surface area contributed by atoms with Crippen molar-refractivity contribution in [3.8, 4) is 0 Å². The fourth-order valence-electron chi connectivity index (χ4n) is 2.81. The normalized spacial score (nSPS) is 13.6. The maximum Gasteiger partial charge on any atom is 0.251 e. The van der Waals surface area contributed by atoms with Crippen LogP contribution in [0.4, 0.5) is 5.69 Å². The molecule has 1 fully saturated rings. The molecule has 1 saturated carbocycles. The van der Waals surface area contributed by atoms with E-state index in [4.69, 9.17) is 0 Å². The zero-order valence-corrected chi connectivity index (χ0v) is 14.7. The maximum absolute atomic E-state index is 12.2. The van der Waals surface area contributed by atoms with Gasteiger partial charge in [-0.1, -0.05) is 24.3 Å². The van der Waals surface area contributed by atoms with Crippen molar-refractivity contribution in [1.29, 1.82) is 0 Å². The van der Waals surface area contributed by atoms with Gasteiger partial charge in [-0.05, 0) is 49.2 Å². The highest BCUT2D eigenvalue weighted by Gasteiger charge is 2.23. The number of hydrogen-bond donors (Lipinski definition) is 2. The quantitative estimate of drug-likeness (QED) is 0.683. The first-order chi connectivity index (χ1) is 13.2. The number of nitrogens with one attached hydrogen (secondary N) is 2. The van der Waals surface area contributed by atoms with E-state index in [9.17, 15) is 9.59 Å². The van der Waals surface area contributed by atoms with Crippen molar-refractivity contribution in [3.05, 3.63) is 78.0 Å². The summed E-state index contributed by atoms with van der Waals surface area (Å²) in [6.45, 7) is 0. The lowest BCUT2D eigenvalue weighted by Crippen LogP contribution is -2.25. The predicted octanol–water partition coefficient (Wildman–Crippen LogP) is 3.78. The summed E-state index contributed by atoms with van der Waals surface area (Å²) in [5.41, 5.74) is 2.98. The van der Waals surface area contributed by atoms with Gasteiger partial charge in [0.2, 0.25) is 5.91 Å². The molecule has 1 aliphatic rings. The number of nitrogens with zero attached hydrogens (tertiary/aromatic N) is 1. The lowest BCUT2D eigenvalue weighted by Gasteiger charge is -2.06. The standard InChI is InChI=1S/C22H19N3O2/c26-20(13-8-16-4-1-3-15-5-2-14-23-21(15)16)24-18-9-6-17(7-10-18)22(27)25-19-11-12-19/h1-10,13-14,19H,11-12H2,(H,24,26)(H,25,27)/b13-8+. The SMILES string of the molecule is O=C(/C=C/c1cccc2cccnc12)Nc1ccc(C(=O)NC2CC2)cc1. The van der Waals surface area contributed by atoms with Crippen LogP contribution in [-0.2, 0) is 4.79 Å². The Morgan fingerprint density at radius 2 is 1.78 bits per heavy atom. The van der Waals surface area contributed by atoms with Crippen molar-refractivity contribution in [2.24, 2.45) is 0 Å². The van der Waals surface area contributed by atoms with Gasteiger partial charge in [0.25, 0.3) is 5.91 Å². The number of carbonyl (C=O) groups is 2. The van der Waals surface area contributed by atoms with Crippen LogP contribution in [0.3, 0.4) is 0 Å². The number of anilines is 1. The third-order valence-electron chi connectivity index (χ3n) is 4.41. The molecule has 134 valence electrons. The van der Waals surface area contributed by atoms with Crippen molar-refractivity contribution in [3.63, 3.8) is 0 Å². The average molecular weight is 357 g/mol. The summed E-state index contributed by atoms with van der Waals surface area (Å²) in [7, 11) is 0. The molecule has 1 heterocycles. The molecule has 2 N–H and O–H groups in total. The minimum absolute atomic E-state index is 0.0706. The molecule has 0 unspecified atom stereocenters. The highest BCUT2D eigenvalue weighted by Crippen LogP contribution is 2.20. The molecule has 0 saturated heterocycles. The zero-order chi connectivity index (χ0) is 18.6. The van der Waals surface area contributed by atoms with Gasteiger partial charge in [0, 0.05) is 40.5 Å². The molecule has 1 aromatic heterocycles. The van der Waals surface area contributed by atoms with Crippen molar-refractivity contribution >= 4 is 34.5 Å². The average Bonchev–Trinajstić information content (AvgIpc) is 3.51. The number of hydrogen-bond acceptors (Lipinski definition) is 3. The van der Waals surface area contributed by atoms with Gasteiger partial charge in [-0.15, -0.1) is 0 Å². The van der Waals surface area contributed by atoms with Crippen molar-refractivity contribution in [2.45, 2.75) is 18.9 Å². The number of rotatable bonds is 5. The van der Waals surface area contributed by atoms with E-state index < -0.39 is 0 Å². The lowest BCUT2D eigenvalue weighted by molar-refractivity contribution is -0.111. The Balaban J connectivity index is 1.41. The number of fused-ring (bicyclic) bond motifs is 1. The summed E-state index contributed by atoms with van der Waals surface area (Å²) in [5.74, 6) is -0.308. The first kappa shape index (κ1) is 17.0. The Hall–Kier alpha value is -3.47. The molecule has 27 heavy (non-hydrogen) atoms. The Bertz CT molecular complexity index is 1020. The van der Waals surface area contributed by atoms with E-state index in [1.54, 1.807) is 36.5 Å². The smallest absolute Gasteiger partial charge is 0.251 e. The topological polar surface area (TPSA) is 71.1 Å². The van der Waals surface area contributed by atoms with Crippen LogP contribution in [0.5, 0.6) is 0 Å². The minimum Gasteiger partial charge on any atom is -0.349 e. The van der Waals surface area contributed by atoms with Gasteiger partial charge in [0.05, 0.1) is 5.52 Å². The molecule has 0 aliphatic heterocycles. The molecule has 3 aromatic rings. The molecule has 2 aromatic carbocycles. The number of aromatic nitrogens is 1. The first-order valence-corrected chi connectivity index (χ1v) is 8.93. The summed E-state index contributed by atoms with van der Waals surface area (Å²) in [6, 6.07) is 16.9. The molecule has 0 spiro atoms. The second-order valence-electron chi connectivity index (χ2n) is 6.57. The third-order valence-corrected chi connectivity index (χ3v) is 4.41. The van der Waals surface area contributed by atoms with Gasteiger partial charge in [0.1, 0.15) is 0 Å². The molecule has 5 heteroatoms. The van der Waals surface area contributed by atoms with Crippen LogP contribution < -0.4 is 10.6 Å². The minimum atomic E-state index is -0.238. The Morgan fingerprint density at radius 1 is 1.00 bits per heavy atom. The molecule has 0 radical (unpaired) electrons. The third kappa shape index (κ3) is 4.20. The summed E-state index contributed by atoms with van der Waals surface area (Å²) in [6.07, 6.45) is 7.08. The Labute approximate surface area is 157 Å². The number of para-hydroxylation sites is 1. The van der Waals surface area contributed by atoms with E-state index in [-0.39, 0.29) is 11.8 Å². The lowest BCUT2D eigenvalue weighted by atomic mass is 10.1.